The first-order valence-corrected chi connectivity index (χ1v) is 6.57. The van der Waals surface area contributed by atoms with Crippen LogP contribution < -0.4 is 0 Å². The van der Waals surface area contributed by atoms with E-state index in [2.05, 4.69) is 36.4 Å². The molecule has 2 unspecified atom stereocenters. The first-order chi connectivity index (χ1) is 5.69. The second-order valence-electron chi connectivity index (χ2n) is 4.87. The van der Waals surface area contributed by atoms with Crippen molar-refractivity contribution in [3.8, 4) is 0 Å². The zero-order chi connectivity index (χ0) is 8.77. The van der Waals surface area contributed by atoms with Crippen LogP contribution in [0.5, 0.6) is 0 Å². The van der Waals surface area contributed by atoms with E-state index in [0.29, 0.717) is 0 Å². The van der Waals surface area contributed by atoms with E-state index in [1.165, 1.54) is 32.1 Å². The SMILES string of the molecule is CC[C@]1(C2CC2)CC(C)CC1I. The van der Waals surface area contributed by atoms with E-state index >= 15 is 0 Å². The van der Waals surface area contributed by atoms with Crippen LogP contribution in [0.25, 0.3) is 0 Å². The minimum absolute atomic E-state index is 0.764. The summed E-state index contributed by atoms with van der Waals surface area (Å²) in [5.74, 6) is 2.10. The average Bonchev–Trinajstić information content (AvgIpc) is 2.79. The van der Waals surface area contributed by atoms with Gasteiger partial charge in [0, 0.05) is 3.92 Å². The number of hydrogen-bond acceptors (Lipinski definition) is 0. The molecule has 0 saturated heterocycles. The monoisotopic (exact) mass is 278 g/mol. The fourth-order valence-corrected chi connectivity index (χ4v) is 5.25. The molecule has 0 heterocycles. The molecule has 70 valence electrons. The third-order valence-electron chi connectivity index (χ3n) is 4.01. The summed E-state index contributed by atoms with van der Waals surface area (Å²) in [4.78, 5) is 0. The lowest BCUT2D eigenvalue weighted by Gasteiger charge is -2.32. The highest BCUT2D eigenvalue weighted by atomic mass is 127. The van der Waals surface area contributed by atoms with Crippen LogP contribution in [0.2, 0.25) is 0 Å². The normalized spacial score (nSPS) is 48.2. The van der Waals surface area contributed by atoms with Gasteiger partial charge >= 0.3 is 0 Å². The van der Waals surface area contributed by atoms with Gasteiger partial charge in [-0.25, -0.2) is 0 Å². The van der Waals surface area contributed by atoms with Crippen LogP contribution >= 0.6 is 22.6 Å². The quantitative estimate of drug-likeness (QED) is 0.528. The van der Waals surface area contributed by atoms with Crippen molar-refractivity contribution < 1.29 is 0 Å². The minimum atomic E-state index is 0.764. The maximum absolute atomic E-state index is 2.72. The molecular weight excluding hydrogens is 259 g/mol. The molecule has 2 aliphatic rings. The summed E-state index contributed by atoms with van der Waals surface area (Å²) < 4.78 is 0.975. The highest BCUT2D eigenvalue weighted by Crippen LogP contribution is 2.60. The number of alkyl halides is 1. The van der Waals surface area contributed by atoms with Gasteiger partial charge in [0.2, 0.25) is 0 Å². The molecule has 0 spiro atoms. The van der Waals surface area contributed by atoms with Gasteiger partial charge in [0.05, 0.1) is 0 Å². The Bertz CT molecular complexity index is 174. The summed E-state index contributed by atoms with van der Waals surface area (Å²) in [6.07, 6.45) is 7.47. The van der Waals surface area contributed by atoms with Gasteiger partial charge in [-0.3, -0.25) is 0 Å². The molecule has 12 heavy (non-hydrogen) atoms. The van der Waals surface area contributed by atoms with E-state index in [4.69, 9.17) is 0 Å². The second-order valence-corrected chi connectivity index (χ2v) is 6.38. The molecule has 0 N–H and O–H groups in total. The minimum Gasteiger partial charge on any atom is -0.0820 e. The van der Waals surface area contributed by atoms with Gasteiger partial charge in [0.25, 0.3) is 0 Å². The molecule has 2 saturated carbocycles. The Balaban J connectivity index is 2.15. The van der Waals surface area contributed by atoms with Gasteiger partial charge in [-0.15, -0.1) is 0 Å². The van der Waals surface area contributed by atoms with Crippen molar-refractivity contribution in [2.75, 3.05) is 0 Å². The van der Waals surface area contributed by atoms with E-state index in [0.717, 1.165) is 21.2 Å². The Hall–Kier alpha value is 0.730. The summed E-state index contributed by atoms with van der Waals surface area (Å²) in [5, 5.41) is 0. The third-order valence-corrected chi connectivity index (χ3v) is 5.76. The Morgan fingerprint density at radius 1 is 1.42 bits per heavy atom. The van der Waals surface area contributed by atoms with Crippen LogP contribution in [0.4, 0.5) is 0 Å². The van der Waals surface area contributed by atoms with Crippen molar-refractivity contribution in [1.82, 2.24) is 0 Å². The van der Waals surface area contributed by atoms with E-state index in [-0.39, 0.29) is 0 Å². The Morgan fingerprint density at radius 2 is 2.08 bits per heavy atom. The van der Waals surface area contributed by atoms with E-state index in [9.17, 15) is 0 Å². The third kappa shape index (κ3) is 1.32. The predicted molar refractivity (Wildman–Crippen MR) is 61.7 cm³/mol. The first kappa shape index (κ1) is 9.29. The summed E-state index contributed by atoms with van der Waals surface area (Å²) in [7, 11) is 0. The standard InChI is InChI=1S/C11H19I/c1-3-11(9-4-5-9)7-8(2)6-10(11)12/h8-10H,3-7H2,1-2H3/t8?,10?,11-/m1/s1. The van der Waals surface area contributed by atoms with Crippen molar-refractivity contribution in [2.24, 2.45) is 17.3 Å². The summed E-state index contributed by atoms with van der Waals surface area (Å²) in [6.45, 7) is 4.84. The van der Waals surface area contributed by atoms with Crippen molar-refractivity contribution in [2.45, 2.75) is 49.9 Å². The predicted octanol–water partition coefficient (Wildman–Crippen LogP) is 4.03. The maximum Gasteiger partial charge on any atom is 0.0171 e. The zero-order valence-electron chi connectivity index (χ0n) is 8.15. The van der Waals surface area contributed by atoms with E-state index < -0.39 is 0 Å². The van der Waals surface area contributed by atoms with Crippen LogP contribution in [-0.2, 0) is 0 Å². The maximum atomic E-state index is 2.72. The molecule has 0 aromatic heterocycles. The molecule has 0 bridgehead atoms. The van der Waals surface area contributed by atoms with Crippen LogP contribution in [-0.4, -0.2) is 3.92 Å². The average molecular weight is 278 g/mol. The highest BCUT2D eigenvalue weighted by molar-refractivity contribution is 14.1. The second kappa shape index (κ2) is 3.14. The fraction of sp³-hybridized carbons (Fsp3) is 1.00. The number of halogens is 1. The molecular formula is C11H19I. The Morgan fingerprint density at radius 3 is 2.42 bits per heavy atom. The van der Waals surface area contributed by atoms with Crippen LogP contribution in [0.1, 0.15) is 46.0 Å². The van der Waals surface area contributed by atoms with Gasteiger partial charge in [-0.2, -0.15) is 0 Å². The molecule has 0 amide bonds. The van der Waals surface area contributed by atoms with Crippen LogP contribution in [0, 0.1) is 17.3 Å². The molecule has 2 fully saturated rings. The van der Waals surface area contributed by atoms with Crippen molar-refractivity contribution >= 4 is 22.6 Å². The Kier molecular flexibility index (Phi) is 2.43. The molecule has 0 aromatic rings. The molecule has 0 nitrogen and oxygen atoms in total. The van der Waals surface area contributed by atoms with Gasteiger partial charge < -0.3 is 0 Å². The topological polar surface area (TPSA) is 0 Å². The number of hydrogen-bond donors (Lipinski definition) is 0. The van der Waals surface area contributed by atoms with Crippen molar-refractivity contribution in [1.29, 1.82) is 0 Å². The van der Waals surface area contributed by atoms with E-state index in [1.54, 1.807) is 0 Å². The van der Waals surface area contributed by atoms with E-state index in [1.807, 2.05) is 0 Å². The molecule has 2 rings (SSSR count). The van der Waals surface area contributed by atoms with Crippen LogP contribution in [0.3, 0.4) is 0 Å². The molecule has 0 radical (unpaired) electrons. The van der Waals surface area contributed by atoms with Crippen molar-refractivity contribution in [3.63, 3.8) is 0 Å². The zero-order valence-corrected chi connectivity index (χ0v) is 10.3. The molecule has 0 aromatic carbocycles. The number of rotatable bonds is 2. The lowest BCUT2D eigenvalue weighted by atomic mass is 9.78. The molecule has 2 aliphatic carbocycles. The van der Waals surface area contributed by atoms with Gasteiger partial charge in [0.15, 0.2) is 0 Å². The molecule has 3 atom stereocenters. The lowest BCUT2D eigenvalue weighted by molar-refractivity contribution is 0.242. The van der Waals surface area contributed by atoms with Gasteiger partial charge in [-0.1, -0.05) is 36.4 Å². The summed E-state index contributed by atoms with van der Waals surface area (Å²) in [5.41, 5.74) is 0.764. The van der Waals surface area contributed by atoms with Crippen LogP contribution in [0.15, 0.2) is 0 Å². The van der Waals surface area contributed by atoms with Crippen molar-refractivity contribution in [3.05, 3.63) is 0 Å². The lowest BCUT2D eigenvalue weighted by Crippen LogP contribution is -2.27. The fourth-order valence-electron chi connectivity index (χ4n) is 3.18. The highest BCUT2D eigenvalue weighted by Gasteiger charge is 2.52. The largest absolute Gasteiger partial charge is 0.0820 e. The van der Waals surface area contributed by atoms with Gasteiger partial charge in [-0.05, 0) is 49.4 Å². The summed E-state index contributed by atoms with van der Waals surface area (Å²) in [6, 6.07) is 0. The molecule has 1 heteroatoms. The van der Waals surface area contributed by atoms with Gasteiger partial charge in [0.1, 0.15) is 0 Å². The smallest absolute Gasteiger partial charge is 0.0171 e. The summed E-state index contributed by atoms with van der Waals surface area (Å²) >= 11 is 2.72. The first-order valence-electron chi connectivity index (χ1n) is 5.33. The Labute approximate surface area is 89.6 Å². The molecule has 0 aliphatic heterocycles.